The van der Waals surface area contributed by atoms with Crippen molar-refractivity contribution in [3.05, 3.63) is 61.1 Å². The normalized spacial score (nSPS) is 11.0. The number of anilines is 1. The molecule has 3 rings (SSSR count). The first-order valence-corrected chi connectivity index (χ1v) is 7.71. The second kappa shape index (κ2) is 5.65. The van der Waals surface area contributed by atoms with Gasteiger partial charge in [-0.25, -0.2) is 9.18 Å². The summed E-state index contributed by atoms with van der Waals surface area (Å²) >= 11 is 6.66. The van der Waals surface area contributed by atoms with E-state index in [0.717, 1.165) is 10.2 Å². The van der Waals surface area contributed by atoms with Gasteiger partial charge in [-0.3, -0.25) is 0 Å². The van der Waals surface area contributed by atoms with Gasteiger partial charge in [-0.15, -0.1) is 0 Å². The Kier molecular flexibility index (Phi) is 3.86. The van der Waals surface area contributed by atoms with Crippen LogP contribution in [0.5, 0.6) is 0 Å². The summed E-state index contributed by atoms with van der Waals surface area (Å²) in [4.78, 5) is 16.6. The molecule has 108 valence electrons. The molecule has 21 heavy (non-hydrogen) atoms. The van der Waals surface area contributed by atoms with Gasteiger partial charge >= 0.3 is 5.69 Å². The zero-order chi connectivity index (χ0) is 15.0. The fourth-order valence-electron chi connectivity index (χ4n) is 2.05. The minimum atomic E-state index is -0.274. The molecule has 0 amide bonds. The van der Waals surface area contributed by atoms with E-state index in [0.29, 0.717) is 27.6 Å². The Morgan fingerprint density at radius 2 is 1.81 bits per heavy atom. The lowest BCUT2D eigenvalue weighted by atomic mass is 10.2. The molecule has 0 aliphatic heterocycles. The Morgan fingerprint density at radius 1 is 1.10 bits per heavy atom. The van der Waals surface area contributed by atoms with Crippen molar-refractivity contribution in [3.63, 3.8) is 0 Å². The van der Waals surface area contributed by atoms with Crippen LogP contribution in [0.3, 0.4) is 0 Å². The van der Waals surface area contributed by atoms with Crippen LogP contribution in [0, 0.1) is 5.82 Å². The van der Waals surface area contributed by atoms with Crippen LogP contribution in [-0.4, -0.2) is 9.97 Å². The first-order chi connectivity index (χ1) is 10.0. The lowest BCUT2D eigenvalue weighted by Gasteiger charge is -2.10. The number of hydrogen-bond acceptors (Lipinski definition) is 2. The van der Waals surface area contributed by atoms with Crippen LogP contribution in [0.4, 0.5) is 10.1 Å². The third-order valence-corrected chi connectivity index (χ3v) is 4.24. The average molecular weight is 415 g/mol. The minimum absolute atomic E-state index is 0.256. The van der Waals surface area contributed by atoms with Gasteiger partial charge in [0, 0.05) is 21.1 Å². The topological polar surface area (TPSA) is 60.7 Å². The predicted octanol–water partition coefficient (Wildman–Crippen LogP) is 4.13. The van der Waals surface area contributed by atoms with Crippen molar-refractivity contribution in [2.45, 2.75) is 6.54 Å². The molecule has 1 aromatic heterocycles. The predicted molar refractivity (Wildman–Crippen MR) is 88.0 cm³/mol. The molecular weight excluding hydrogens is 405 g/mol. The summed E-state index contributed by atoms with van der Waals surface area (Å²) in [5.74, 6) is -0.274. The Hall–Kier alpha value is -1.60. The monoisotopic (exact) mass is 413 g/mol. The standard InChI is InChI=1S/C14H10Br2FN3O/c15-8-2-1-7(10(17)3-8)6-18-11-5-13-12(4-9(11)16)19-14(21)20-13/h1-5,18H,6H2,(H2,19,20,21). The molecule has 7 heteroatoms. The summed E-state index contributed by atoms with van der Waals surface area (Å²) in [5, 5.41) is 3.15. The molecule has 0 unspecified atom stereocenters. The molecule has 3 aromatic rings. The molecule has 4 nitrogen and oxygen atoms in total. The quantitative estimate of drug-likeness (QED) is 0.603. The summed E-state index contributed by atoms with van der Waals surface area (Å²) in [7, 11) is 0. The maximum Gasteiger partial charge on any atom is 0.323 e. The number of nitrogens with one attached hydrogen (secondary N) is 3. The molecule has 0 saturated carbocycles. The second-order valence-corrected chi connectivity index (χ2v) is 6.32. The van der Waals surface area contributed by atoms with E-state index >= 15 is 0 Å². The number of benzene rings is 2. The van der Waals surface area contributed by atoms with E-state index in [1.54, 1.807) is 24.3 Å². The molecule has 0 fully saturated rings. The van der Waals surface area contributed by atoms with Gasteiger partial charge in [0.15, 0.2) is 0 Å². The maximum absolute atomic E-state index is 13.8. The van der Waals surface area contributed by atoms with Gasteiger partial charge in [0.05, 0.1) is 16.7 Å². The average Bonchev–Trinajstić information content (AvgIpc) is 2.76. The molecule has 0 bridgehead atoms. The summed E-state index contributed by atoms with van der Waals surface area (Å²) in [6.07, 6.45) is 0. The second-order valence-electron chi connectivity index (χ2n) is 4.55. The van der Waals surface area contributed by atoms with Crippen LogP contribution in [-0.2, 0) is 6.54 Å². The van der Waals surface area contributed by atoms with Gasteiger partial charge < -0.3 is 15.3 Å². The van der Waals surface area contributed by atoms with Crippen molar-refractivity contribution < 1.29 is 4.39 Å². The molecule has 0 atom stereocenters. The smallest absolute Gasteiger partial charge is 0.323 e. The van der Waals surface area contributed by atoms with Crippen molar-refractivity contribution in [2.24, 2.45) is 0 Å². The molecule has 0 aliphatic rings. The Bertz CT molecular complexity index is 872. The van der Waals surface area contributed by atoms with Crippen LogP contribution in [0.15, 0.2) is 44.1 Å². The van der Waals surface area contributed by atoms with Crippen molar-refractivity contribution in [1.29, 1.82) is 0 Å². The lowest BCUT2D eigenvalue weighted by Crippen LogP contribution is -2.02. The van der Waals surface area contributed by atoms with Crippen molar-refractivity contribution in [3.8, 4) is 0 Å². The third kappa shape index (κ3) is 3.03. The Balaban J connectivity index is 1.87. The van der Waals surface area contributed by atoms with E-state index in [-0.39, 0.29) is 11.5 Å². The van der Waals surface area contributed by atoms with E-state index < -0.39 is 0 Å². The maximum atomic E-state index is 13.8. The van der Waals surface area contributed by atoms with Crippen LogP contribution in [0.25, 0.3) is 11.0 Å². The lowest BCUT2D eigenvalue weighted by molar-refractivity contribution is 0.612. The highest BCUT2D eigenvalue weighted by molar-refractivity contribution is 9.10. The van der Waals surface area contributed by atoms with E-state index in [4.69, 9.17) is 0 Å². The number of aromatic amines is 2. The number of rotatable bonds is 3. The number of aromatic nitrogens is 2. The molecule has 1 heterocycles. The number of hydrogen-bond donors (Lipinski definition) is 3. The van der Waals surface area contributed by atoms with E-state index in [1.807, 2.05) is 0 Å². The van der Waals surface area contributed by atoms with Gasteiger partial charge in [0.1, 0.15) is 5.82 Å². The molecule has 0 aliphatic carbocycles. The molecular formula is C14H10Br2FN3O. The summed E-state index contributed by atoms with van der Waals surface area (Å²) in [6.45, 7) is 0.345. The number of H-pyrrole nitrogens is 2. The van der Waals surface area contributed by atoms with Crippen LogP contribution in [0.1, 0.15) is 5.56 Å². The van der Waals surface area contributed by atoms with Crippen molar-refractivity contribution >= 4 is 48.6 Å². The molecule has 0 spiro atoms. The van der Waals surface area contributed by atoms with Crippen LogP contribution < -0.4 is 11.0 Å². The number of imidazole rings is 1. The van der Waals surface area contributed by atoms with Gasteiger partial charge in [0.25, 0.3) is 0 Å². The van der Waals surface area contributed by atoms with E-state index in [2.05, 4.69) is 47.1 Å². The molecule has 0 radical (unpaired) electrons. The van der Waals surface area contributed by atoms with E-state index in [1.165, 1.54) is 6.07 Å². The molecule has 3 N–H and O–H groups in total. The Labute approximate surface area is 136 Å². The third-order valence-electron chi connectivity index (χ3n) is 3.09. The first kappa shape index (κ1) is 14.3. The summed E-state index contributed by atoms with van der Waals surface area (Å²) < 4.78 is 15.3. The minimum Gasteiger partial charge on any atom is -0.380 e. The largest absolute Gasteiger partial charge is 0.380 e. The number of halogens is 3. The Morgan fingerprint density at radius 3 is 2.52 bits per heavy atom. The van der Waals surface area contributed by atoms with Crippen molar-refractivity contribution in [1.82, 2.24) is 9.97 Å². The summed E-state index contributed by atoms with van der Waals surface area (Å²) in [5.41, 5.74) is 2.50. The van der Waals surface area contributed by atoms with Crippen LogP contribution in [0.2, 0.25) is 0 Å². The summed E-state index contributed by atoms with van der Waals surface area (Å²) in [6, 6.07) is 8.54. The first-order valence-electron chi connectivity index (χ1n) is 6.12. The SMILES string of the molecule is O=c1[nH]c2cc(Br)c(NCc3ccc(Br)cc3F)cc2[nH]1. The zero-order valence-corrected chi connectivity index (χ0v) is 13.8. The molecule has 2 aromatic carbocycles. The van der Waals surface area contributed by atoms with Gasteiger partial charge in [-0.2, -0.15) is 0 Å². The van der Waals surface area contributed by atoms with Crippen molar-refractivity contribution in [2.75, 3.05) is 5.32 Å². The highest BCUT2D eigenvalue weighted by atomic mass is 79.9. The highest BCUT2D eigenvalue weighted by Crippen LogP contribution is 2.27. The van der Waals surface area contributed by atoms with E-state index in [9.17, 15) is 9.18 Å². The fraction of sp³-hybridized carbons (Fsp3) is 0.0714. The van der Waals surface area contributed by atoms with Gasteiger partial charge in [-0.05, 0) is 40.2 Å². The van der Waals surface area contributed by atoms with Crippen LogP contribution >= 0.6 is 31.9 Å². The van der Waals surface area contributed by atoms with Gasteiger partial charge in [0.2, 0.25) is 0 Å². The number of fused-ring (bicyclic) bond motifs is 1. The zero-order valence-electron chi connectivity index (χ0n) is 10.6. The molecule has 0 saturated heterocycles. The highest BCUT2D eigenvalue weighted by Gasteiger charge is 2.07. The van der Waals surface area contributed by atoms with Gasteiger partial charge in [-0.1, -0.05) is 22.0 Å². The fourth-order valence-corrected chi connectivity index (χ4v) is 2.86.